The summed E-state index contributed by atoms with van der Waals surface area (Å²) < 4.78 is 0. The zero-order valence-corrected chi connectivity index (χ0v) is 19.0. The van der Waals surface area contributed by atoms with E-state index >= 15 is 0 Å². The van der Waals surface area contributed by atoms with Gasteiger partial charge in [0.2, 0.25) is 11.7 Å². The van der Waals surface area contributed by atoms with Crippen LogP contribution in [0.2, 0.25) is 0 Å². The Kier molecular flexibility index (Phi) is 5.57. The van der Waals surface area contributed by atoms with Crippen molar-refractivity contribution in [2.24, 2.45) is 23.3 Å². The number of primary amides is 2. The van der Waals surface area contributed by atoms with Gasteiger partial charge in [-0.2, -0.15) is 0 Å². The Morgan fingerprint density at radius 2 is 1.80 bits per heavy atom. The van der Waals surface area contributed by atoms with Gasteiger partial charge in [0.25, 0.3) is 5.91 Å². The summed E-state index contributed by atoms with van der Waals surface area (Å²) in [7, 11) is 3.11. The smallest absolute Gasteiger partial charge is 0.255 e. The predicted molar refractivity (Wildman–Crippen MR) is 122 cm³/mol. The van der Waals surface area contributed by atoms with Crippen molar-refractivity contribution in [2.75, 3.05) is 14.1 Å². The largest absolute Gasteiger partial charge is 0.510 e. The van der Waals surface area contributed by atoms with Gasteiger partial charge in [0.1, 0.15) is 22.8 Å². The molecule has 35 heavy (non-hydrogen) atoms. The molecule has 0 fully saturated rings. The van der Waals surface area contributed by atoms with Gasteiger partial charge < -0.3 is 31.9 Å². The number of benzene rings is 1. The Hall–Kier alpha value is -3.96. The normalized spacial score (nSPS) is 28.3. The van der Waals surface area contributed by atoms with E-state index in [1.165, 1.54) is 23.1 Å². The van der Waals surface area contributed by atoms with Crippen molar-refractivity contribution in [1.82, 2.24) is 4.90 Å². The van der Waals surface area contributed by atoms with Crippen LogP contribution in [-0.2, 0) is 20.8 Å². The van der Waals surface area contributed by atoms with Crippen LogP contribution in [0.5, 0.6) is 5.75 Å². The number of carbonyl (C=O) groups is 4. The second-order valence-corrected chi connectivity index (χ2v) is 9.23. The van der Waals surface area contributed by atoms with Gasteiger partial charge in [-0.1, -0.05) is 6.07 Å². The summed E-state index contributed by atoms with van der Waals surface area (Å²) in [5.41, 5.74) is 7.39. The van der Waals surface area contributed by atoms with E-state index in [2.05, 4.69) is 0 Å². The van der Waals surface area contributed by atoms with E-state index in [1.807, 2.05) is 0 Å². The molecule has 0 bridgehead atoms. The number of likely N-dealkylation sites (N-methyl/N-ethyl adjacent to an activating group) is 1. The number of nitrogens with two attached hydrogens (primary N) is 2. The number of aromatic hydroxyl groups is 1. The summed E-state index contributed by atoms with van der Waals surface area (Å²) in [6, 6.07) is 1.68. The maximum absolute atomic E-state index is 13.5. The van der Waals surface area contributed by atoms with Crippen LogP contribution in [0.3, 0.4) is 0 Å². The molecule has 1 aromatic rings. The summed E-state index contributed by atoms with van der Waals surface area (Å²) in [5.74, 6) is -7.87. The number of allylic oxidation sites excluding steroid dienone is 1. The first-order chi connectivity index (χ1) is 16.3. The predicted octanol–water partition coefficient (Wildman–Crippen LogP) is -0.381. The van der Waals surface area contributed by atoms with E-state index in [0.29, 0.717) is 11.1 Å². The molecule has 0 unspecified atom stereocenters. The van der Waals surface area contributed by atoms with E-state index in [-0.39, 0.29) is 29.7 Å². The maximum atomic E-state index is 13.5. The molecule has 0 aromatic heterocycles. The standard InChI is InChI=1S/C24H25N3O8/c1-27(2)18-12-8-10-7-11-9(4-6-14(25)29)3-5-13(28)16(11)19(30)15(10)21(32)24(12,35)22(33)17(20(18)31)23(26)34/h3-6,10,12,18,28,31-32,35H,7-8H2,1-2H3,(H2,25,29)(H2,26,34)/b6-4+/t10-,12-,18-,24-/m0/s1. The number of carbonyl (C=O) groups excluding carboxylic acids is 4. The molecule has 11 nitrogen and oxygen atoms in total. The third-order valence-electron chi connectivity index (χ3n) is 7.07. The van der Waals surface area contributed by atoms with Crippen LogP contribution >= 0.6 is 0 Å². The molecule has 3 aliphatic carbocycles. The number of aliphatic hydroxyl groups excluding tert-OH is 2. The SMILES string of the molecule is CN(C)[C@@H]1C(O)=C(C(N)=O)C(=O)[C@@]2(O)C(O)=C3C(=O)c4c(O)ccc(/C=C/C(N)=O)c4C[C@H]3C[C@@H]12. The number of nitrogens with zero attached hydrogens (tertiary/aromatic N) is 1. The zero-order valence-electron chi connectivity index (χ0n) is 19.0. The van der Waals surface area contributed by atoms with Crippen LogP contribution in [0.4, 0.5) is 0 Å². The van der Waals surface area contributed by atoms with Gasteiger partial charge in [-0.15, -0.1) is 0 Å². The fourth-order valence-electron chi connectivity index (χ4n) is 5.60. The molecule has 8 N–H and O–H groups in total. The lowest BCUT2D eigenvalue weighted by atomic mass is 9.58. The summed E-state index contributed by atoms with van der Waals surface area (Å²) in [6.45, 7) is 0. The number of amides is 2. The fourth-order valence-corrected chi connectivity index (χ4v) is 5.60. The van der Waals surface area contributed by atoms with Crippen molar-refractivity contribution in [1.29, 1.82) is 0 Å². The summed E-state index contributed by atoms with van der Waals surface area (Å²) in [6.07, 6.45) is 2.60. The molecule has 4 rings (SSSR count). The number of phenols is 1. The molecule has 2 amide bonds. The van der Waals surface area contributed by atoms with Gasteiger partial charge >= 0.3 is 0 Å². The number of hydrogen-bond acceptors (Lipinski definition) is 9. The van der Waals surface area contributed by atoms with Crippen LogP contribution < -0.4 is 11.5 Å². The third kappa shape index (κ3) is 3.34. The minimum absolute atomic E-state index is 0.0274. The quantitative estimate of drug-likeness (QED) is 0.243. The van der Waals surface area contributed by atoms with Gasteiger partial charge in [0, 0.05) is 17.6 Å². The minimum atomic E-state index is -2.69. The van der Waals surface area contributed by atoms with E-state index in [9.17, 15) is 39.6 Å². The highest BCUT2D eigenvalue weighted by molar-refractivity contribution is 6.24. The number of aliphatic hydroxyl groups is 3. The van der Waals surface area contributed by atoms with Gasteiger partial charge in [-0.05, 0) is 56.1 Å². The number of Topliss-reactive ketones (excluding diaryl/α,β-unsaturated/α-hetero) is 2. The topological polar surface area (TPSA) is 204 Å². The Balaban J connectivity index is 1.95. The van der Waals surface area contributed by atoms with Crippen molar-refractivity contribution < 1.29 is 39.6 Å². The molecule has 0 heterocycles. The Bertz CT molecular complexity index is 1290. The monoisotopic (exact) mass is 483 g/mol. The molecule has 0 saturated heterocycles. The number of phenolic OH excluding ortho intramolecular Hbond substituents is 1. The molecule has 3 aliphatic rings. The summed E-state index contributed by atoms with van der Waals surface area (Å²) in [4.78, 5) is 51.4. The first-order valence-electron chi connectivity index (χ1n) is 10.8. The average Bonchev–Trinajstić information content (AvgIpc) is 2.75. The molecule has 0 aliphatic heterocycles. The highest BCUT2D eigenvalue weighted by Gasteiger charge is 2.63. The van der Waals surface area contributed by atoms with Crippen molar-refractivity contribution in [3.63, 3.8) is 0 Å². The maximum Gasteiger partial charge on any atom is 0.255 e. The van der Waals surface area contributed by atoms with Gasteiger partial charge in [0.05, 0.1) is 11.6 Å². The van der Waals surface area contributed by atoms with Crippen LogP contribution in [0.15, 0.2) is 40.9 Å². The molecule has 1 aromatic carbocycles. The second-order valence-electron chi connectivity index (χ2n) is 9.23. The summed E-state index contributed by atoms with van der Waals surface area (Å²) in [5, 5.41) is 43.9. The fraction of sp³-hybridized carbons (Fsp3) is 0.333. The second kappa shape index (κ2) is 8.07. The van der Waals surface area contributed by atoms with Crippen molar-refractivity contribution in [3.05, 3.63) is 57.6 Å². The number of fused-ring (bicyclic) bond motifs is 3. The Morgan fingerprint density at radius 1 is 1.14 bits per heavy atom. The van der Waals surface area contributed by atoms with E-state index in [0.717, 1.165) is 6.08 Å². The van der Waals surface area contributed by atoms with E-state index in [4.69, 9.17) is 11.5 Å². The molecular weight excluding hydrogens is 458 g/mol. The number of ketones is 2. The first kappa shape index (κ1) is 24.2. The zero-order chi connectivity index (χ0) is 26.0. The minimum Gasteiger partial charge on any atom is -0.510 e. The van der Waals surface area contributed by atoms with Crippen LogP contribution in [0.25, 0.3) is 6.08 Å². The third-order valence-corrected chi connectivity index (χ3v) is 7.07. The molecule has 184 valence electrons. The molecule has 0 radical (unpaired) electrons. The molecular formula is C24H25N3O8. The van der Waals surface area contributed by atoms with Gasteiger partial charge in [-0.25, -0.2) is 0 Å². The highest BCUT2D eigenvalue weighted by atomic mass is 16.3. The molecule has 11 heteroatoms. The Morgan fingerprint density at radius 3 is 2.37 bits per heavy atom. The number of rotatable bonds is 4. The lowest BCUT2D eigenvalue weighted by Crippen LogP contribution is -2.63. The van der Waals surface area contributed by atoms with Crippen molar-refractivity contribution in [2.45, 2.75) is 24.5 Å². The summed E-state index contributed by atoms with van der Waals surface area (Å²) >= 11 is 0. The number of hydrogen-bond donors (Lipinski definition) is 6. The lowest BCUT2D eigenvalue weighted by molar-refractivity contribution is -0.148. The Labute approximate surface area is 199 Å². The highest BCUT2D eigenvalue weighted by Crippen LogP contribution is 2.52. The lowest BCUT2D eigenvalue weighted by Gasteiger charge is -2.50. The van der Waals surface area contributed by atoms with Gasteiger partial charge in [0.15, 0.2) is 11.4 Å². The van der Waals surface area contributed by atoms with Crippen LogP contribution in [-0.4, -0.2) is 74.4 Å². The van der Waals surface area contributed by atoms with Crippen molar-refractivity contribution in [3.8, 4) is 5.75 Å². The molecule has 0 saturated carbocycles. The molecule has 0 spiro atoms. The van der Waals surface area contributed by atoms with Crippen molar-refractivity contribution >= 4 is 29.5 Å². The average molecular weight is 483 g/mol. The van der Waals surface area contributed by atoms with Gasteiger partial charge in [-0.3, -0.25) is 24.1 Å². The van der Waals surface area contributed by atoms with Crippen LogP contribution in [0, 0.1) is 11.8 Å². The van der Waals surface area contributed by atoms with Crippen LogP contribution in [0.1, 0.15) is 27.9 Å². The first-order valence-corrected chi connectivity index (χ1v) is 10.8. The van der Waals surface area contributed by atoms with E-state index in [1.54, 1.807) is 14.1 Å². The van der Waals surface area contributed by atoms with E-state index < -0.39 is 64.0 Å². The molecule has 4 atom stereocenters.